The molecule has 2 nitrogen and oxygen atoms in total. The molecule has 6 heteroatoms. The number of Topliss-reactive ketones (excluding diaryl/α,β-unsaturated/α-hetero) is 1. The number of ether oxygens (including phenoxy) is 1. The van der Waals surface area contributed by atoms with Crippen molar-refractivity contribution in [3.8, 4) is 0 Å². The van der Waals surface area contributed by atoms with Crippen molar-refractivity contribution < 1.29 is 27.1 Å². The third-order valence-electron chi connectivity index (χ3n) is 2.71. The summed E-state index contributed by atoms with van der Waals surface area (Å²) in [4.78, 5) is 11.1. The molecule has 1 aromatic carbocycles. The van der Waals surface area contributed by atoms with Crippen molar-refractivity contribution in [2.24, 2.45) is 0 Å². The molecule has 0 fully saturated rings. The largest absolute Gasteiger partial charge is 0.416 e. The molecule has 0 aliphatic rings. The third kappa shape index (κ3) is 4.45. The van der Waals surface area contributed by atoms with Crippen LogP contribution in [0.5, 0.6) is 0 Å². The molecule has 20 heavy (non-hydrogen) atoms. The molecule has 110 valence electrons. The van der Waals surface area contributed by atoms with Gasteiger partial charge in [0, 0.05) is 12.7 Å². The maximum Gasteiger partial charge on any atom is 0.416 e. The molecular weight excluding hydrogens is 276 g/mol. The van der Waals surface area contributed by atoms with Crippen LogP contribution in [-0.2, 0) is 15.7 Å². The highest BCUT2D eigenvalue weighted by Crippen LogP contribution is 2.30. The van der Waals surface area contributed by atoms with Crippen molar-refractivity contribution in [2.45, 2.75) is 25.6 Å². The van der Waals surface area contributed by atoms with Gasteiger partial charge in [0.2, 0.25) is 0 Å². The monoisotopic (exact) mass is 290 g/mol. The fourth-order valence-electron chi connectivity index (χ4n) is 1.59. The number of carbonyl (C=O) groups is 1. The molecular formula is C14H14F4O2. The van der Waals surface area contributed by atoms with Gasteiger partial charge in [0.05, 0.1) is 5.56 Å². The molecule has 0 N–H and O–H groups in total. The highest BCUT2D eigenvalue weighted by atomic mass is 19.4. The second-order valence-electron chi connectivity index (χ2n) is 4.21. The lowest BCUT2D eigenvalue weighted by Crippen LogP contribution is -2.18. The number of carbonyl (C=O) groups excluding carboxylic acids is 1. The van der Waals surface area contributed by atoms with Crippen molar-refractivity contribution in [3.63, 3.8) is 0 Å². The number of ketones is 1. The van der Waals surface area contributed by atoms with Gasteiger partial charge < -0.3 is 4.74 Å². The fourth-order valence-corrected chi connectivity index (χ4v) is 1.59. The van der Waals surface area contributed by atoms with Crippen LogP contribution in [0.25, 0.3) is 6.08 Å². The van der Waals surface area contributed by atoms with Crippen molar-refractivity contribution in [1.29, 1.82) is 0 Å². The van der Waals surface area contributed by atoms with Gasteiger partial charge in [0.25, 0.3) is 0 Å². The van der Waals surface area contributed by atoms with Gasteiger partial charge >= 0.3 is 6.18 Å². The first-order valence-electron chi connectivity index (χ1n) is 5.82. The zero-order chi connectivity index (χ0) is 15.3. The minimum Gasteiger partial charge on any atom is -0.373 e. The summed E-state index contributed by atoms with van der Waals surface area (Å²) in [5, 5.41) is 0. The van der Waals surface area contributed by atoms with E-state index in [0.29, 0.717) is 6.07 Å². The van der Waals surface area contributed by atoms with E-state index >= 15 is 0 Å². The molecule has 0 aromatic heterocycles. The molecule has 0 amide bonds. The minimum atomic E-state index is -4.57. The Morgan fingerprint density at radius 3 is 2.50 bits per heavy atom. The number of alkyl halides is 3. The van der Waals surface area contributed by atoms with E-state index in [1.807, 2.05) is 0 Å². The highest BCUT2D eigenvalue weighted by Gasteiger charge is 2.30. The quantitative estimate of drug-likeness (QED) is 0.770. The van der Waals surface area contributed by atoms with E-state index in [1.165, 1.54) is 26.2 Å². The number of rotatable bonds is 5. The number of hydrogen-bond donors (Lipinski definition) is 0. The zero-order valence-electron chi connectivity index (χ0n) is 11.0. The van der Waals surface area contributed by atoms with Crippen molar-refractivity contribution in [3.05, 3.63) is 41.2 Å². The molecule has 1 rings (SSSR count). The summed E-state index contributed by atoms with van der Waals surface area (Å²) in [6.45, 7) is 1.36. The molecule has 0 radical (unpaired) electrons. The van der Waals surface area contributed by atoms with Crippen molar-refractivity contribution >= 4 is 11.9 Å². The molecule has 0 aliphatic carbocycles. The normalized spacial score (nSPS) is 13.7. The van der Waals surface area contributed by atoms with Crippen LogP contribution >= 0.6 is 0 Å². The highest BCUT2D eigenvalue weighted by molar-refractivity contribution is 5.80. The molecule has 0 saturated carbocycles. The Bertz CT molecular complexity index is 506. The van der Waals surface area contributed by atoms with Crippen LogP contribution in [0, 0.1) is 5.82 Å². The summed E-state index contributed by atoms with van der Waals surface area (Å²) in [6, 6.07) is 2.30. The van der Waals surface area contributed by atoms with E-state index in [9.17, 15) is 22.4 Å². The van der Waals surface area contributed by atoms with E-state index in [-0.39, 0.29) is 17.8 Å². The van der Waals surface area contributed by atoms with Crippen molar-refractivity contribution in [2.75, 3.05) is 7.11 Å². The first-order chi connectivity index (χ1) is 9.25. The Kier molecular flexibility index (Phi) is 5.44. The van der Waals surface area contributed by atoms with E-state index in [2.05, 4.69) is 0 Å². The fraction of sp³-hybridized carbons (Fsp3) is 0.357. The first kappa shape index (κ1) is 16.4. The summed E-state index contributed by atoms with van der Waals surface area (Å²) in [5.74, 6) is -1.14. The first-order valence-corrected chi connectivity index (χ1v) is 5.82. The molecule has 1 atom stereocenters. The summed E-state index contributed by atoms with van der Waals surface area (Å²) in [7, 11) is 1.37. The van der Waals surface area contributed by atoms with E-state index < -0.39 is 23.7 Å². The Balaban J connectivity index is 2.81. The molecule has 0 saturated heterocycles. The second kappa shape index (κ2) is 6.65. The maximum absolute atomic E-state index is 13.5. The predicted octanol–water partition coefficient (Wildman–Crippen LogP) is 3.85. The van der Waals surface area contributed by atoms with Crippen LogP contribution in [0.2, 0.25) is 0 Å². The average molecular weight is 290 g/mol. The summed E-state index contributed by atoms with van der Waals surface area (Å²) in [6.07, 6.45) is -2.17. The third-order valence-corrected chi connectivity index (χ3v) is 2.71. The van der Waals surface area contributed by atoms with Gasteiger partial charge in [-0.15, -0.1) is 0 Å². The van der Waals surface area contributed by atoms with Gasteiger partial charge in [-0.05, 0) is 25.5 Å². The lowest BCUT2D eigenvalue weighted by molar-refractivity contribution is -0.137. The lowest BCUT2D eigenvalue weighted by Gasteiger charge is -2.09. The Morgan fingerprint density at radius 2 is 2.05 bits per heavy atom. The van der Waals surface area contributed by atoms with Gasteiger partial charge in [-0.2, -0.15) is 13.2 Å². The smallest absolute Gasteiger partial charge is 0.373 e. The standard InChI is InChI=1S/C14H14F4O2/c1-9(19)13(20-2)5-3-4-10-6-7-11(8-12(10)15)14(16,17)18/h3-4,6-8,13H,5H2,1-2H3/b4-3+/t13-/m1/s1. The molecule has 1 aromatic rings. The van der Waals surface area contributed by atoms with Gasteiger partial charge in [0.1, 0.15) is 11.9 Å². The van der Waals surface area contributed by atoms with Crippen LogP contribution in [0.15, 0.2) is 24.3 Å². The van der Waals surface area contributed by atoms with Gasteiger partial charge in [0.15, 0.2) is 5.78 Å². The zero-order valence-corrected chi connectivity index (χ0v) is 11.0. The van der Waals surface area contributed by atoms with E-state index in [4.69, 9.17) is 4.74 Å². The van der Waals surface area contributed by atoms with Crippen LogP contribution in [0.4, 0.5) is 17.6 Å². The predicted molar refractivity (Wildman–Crippen MR) is 66.5 cm³/mol. The lowest BCUT2D eigenvalue weighted by atomic mass is 10.1. The SMILES string of the molecule is CO[C@H](C/C=C/c1ccc(C(F)(F)F)cc1F)C(C)=O. The van der Waals surface area contributed by atoms with Gasteiger partial charge in [-0.25, -0.2) is 4.39 Å². The van der Waals surface area contributed by atoms with Crippen molar-refractivity contribution in [1.82, 2.24) is 0 Å². The molecule has 0 spiro atoms. The Labute approximate surface area is 114 Å². The average Bonchev–Trinajstić information content (AvgIpc) is 2.34. The van der Waals surface area contributed by atoms with Crippen LogP contribution in [0.1, 0.15) is 24.5 Å². The molecule has 0 bridgehead atoms. The van der Waals surface area contributed by atoms with Crippen LogP contribution in [0.3, 0.4) is 0 Å². The number of halogens is 4. The molecule has 0 heterocycles. The summed E-state index contributed by atoms with van der Waals surface area (Å²) < 4.78 is 55.5. The molecule has 0 unspecified atom stereocenters. The molecule has 0 aliphatic heterocycles. The number of hydrogen-bond acceptors (Lipinski definition) is 2. The Morgan fingerprint density at radius 1 is 1.40 bits per heavy atom. The van der Waals surface area contributed by atoms with E-state index in [0.717, 1.165) is 12.1 Å². The maximum atomic E-state index is 13.5. The van der Waals surface area contributed by atoms with Gasteiger partial charge in [-0.1, -0.05) is 18.2 Å². The van der Waals surface area contributed by atoms with Crippen LogP contribution in [-0.4, -0.2) is 19.0 Å². The Hall–Kier alpha value is -1.69. The van der Waals surface area contributed by atoms with E-state index in [1.54, 1.807) is 0 Å². The summed E-state index contributed by atoms with van der Waals surface area (Å²) >= 11 is 0. The number of benzene rings is 1. The number of methoxy groups -OCH3 is 1. The second-order valence-corrected chi connectivity index (χ2v) is 4.21. The topological polar surface area (TPSA) is 26.3 Å². The minimum absolute atomic E-state index is 0.0244. The summed E-state index contributed by atoms with van der Waals surface area (Å²) in [5.41, 5.74) is -1.01. The van der Waals surface area contributed by atoms with Gasteiger partial charge in [-0.3, -0.25) is 4.79 Å². The van der Waals surface area contributed by atoms with Crippen LogP contribution < -0.4 is 0 Å².